The molecule has 0 aromatic heterocycles. The van der Waals surface area contributed by atoms with Crippen LogP contribution in [0.1, 0.15) is 6.92 Å². The van der Waals surface area contributed by atoms with Gasteiger partial charge in [0, 0.05) is 11.5 Å². The van der Waals surface area contributed by atoms with Gasteiger partial charge >= 0.3 is 0 Å². The zero-order valence-corrected chi connectivity index (χ0v) is 6.06. The molecule has 0 aromatic carbocycles. The van der Waals surface area contributed by atoms with Gasteiger partial charge in [-0.2, -0.15) is 0 Å². The van der Waals surface area contributed by atoms with Gasteiger partial charge in [0.2, 0.25) is 0 Å². The molecule has 62 valence electrons. The third-order valence-electron chi connectivity index (χ3n) is 1.86. The molecular formula is C5H9N3O3. The van der Waals surface area contributed by atoms with Crippen LogP contribution in [0.2, 0.25) is 0 Å². The zero-order valence-electron chi connectivity index (χ0n) is 6.06. The molecule has 0 aliphatic carbocycles. The first-order valence-electron chi connectivity index (χ1n) is 3.11. The van der Waals surface area contributed by atoms with Crippen molar-refractivity contribution < 1.29 is 14.9 Å². The Morgan fingerprint density at radius 3 is 2.64 bits per heavy atom. The van der Waals surface area contributed by atoms with Gasteiger partial charge in [-0.1, -0.05) is 5.11 Å². The van der Waals surface area contributed by atoms with E-state index in [1.165, 1.54) is 0 Å². The van der Waals surface area contributed by atoms with E-state index in [2.05, 4.69) is 14.8 Å². The largest absolute Gasteiger partial charge is 0.343 e. The number of hydrogen-bond donors (Lipinski definition) is 2. The summed E-state index contributed by atoms with van der Waals surface area (Å²) in [6.07, 6.45) is 0. The maximum Gasteiger partial charge on any atom is 0.285 e. The number of nitrogens with zero attached hydrogens (tertiary/aromatic N) is 3. The van der Waals surface area contributed by atoms with Crippen LogP contribution in [0.3, 0.4) is 0 Å². The quantitative estimate of drug-likeness (QED) is 0.256. The van der Waals surface area contributed by atoms with Gasteiger partial charge in [0.1, 0.15) is 0 Å². The second-order valence-electron chi connectivity index (χ2n) is 2.85. The van der Waals surface area contributed by atoms with E-state index in [1.54, 1.807) is 6.92 Å². The molecular weight excluding hydrogens is 150 g/mol. The Morgan fingerprint density at radius 1 is 1.73 bits per heavy atom. The van der Waals surface area contributed by atoms with Crippen LogP contribution in [0.15, 0.2) is 5.11 Å². The molecule has 0 radical (unpaired) electrons. The fourth-order valence-electron chi connectivity index (χ4n) is 0.784. The molecule has 1 fully saturated rings. The van der Waals surface area contributed by atoms with Crippen LogP contribution in [-0.2, 0) is 4.74 Å². The third-order valence-corrected chi connectivity index (χ3v) is 1.86. The van der Waals surface area contributed by atoms with E-state index < -0.39 is 11.4 Å². The average molecular weight is 159 g/mol. The highest BCUT2D eigenvalue weighted by Gasteiger charge is 2.56. The molecule has 0 saturated carbocycles. The highest BCUT2D eigenvalue weighted by Crippen LogP contribution is 2.40. The van der Waals surface area contributed by atoms with Gasteiger partial charge in [-0.15, -0.1) is 0 Å². The molecule has 11 heavy (non-hydrogen) atoms. The molecule has 1 aliphatic heterocycles. The van der Waals surface area contributed by atoms with Crippen LogP contribution in [-0.4, -0.2) is 29.3 Å². The summed E-state index contributed by atoms with van der Waals surface area (Å²) >= 11 is 0. The number of ether oxygens (including phenoxy) is 1. The third kappa shape index (κ3) is 1.17. The normalized spacial score (nSPS) is 33.7. The highest BCUT2D eigenvalue weighted by atomic mass is 16.8. The smallest absolute Gasteiger partial charge is 0.285 e. The van der Waals surface area contributed by atoms with Crippen molar-refractivity contribution in [3.8, 4) is 0 Å². The van der Waals surface area contributed by atoms with Crippen molar-refractivity contribution >= 4 is 0 Å². The van der Waals surface area contributed by atoms with Crippen molar-refractivity contribution in [2.75, 3.05) is 13.2 Å². The van der Waals surface area contributed by atoms with Crippen LogP contribution in [0.4, 0.5) is 0 Å². The van der Waals surface area contributed by atoms with Crippen molar-refractivity contribution in [2.45, 2.75) is 12.9 Å². The maximum absolute atomic E-state index is 9.01. The molecule has 6 heteroatoms. The van der Waals surface area contributed by atoms with Gasteiger partial charge in [0.15, 0.2) is 0 Å². The molecule has 1 heterocycles. The highest BCUT2D eigenvalue weighted by molar-refractivity contribution is 4.91. The Morgan fingerprint density at radius 2 is 2.36 bits per heavy atom. The number of hydrogen-bond acceptors (Lipinski definition) is 4. The molecule has 1 atom stereocenters. The number of azide groups is 1. The SMILES string of the molecule is CC1(CN=[N+]=[N-])COC1(O)O. The number of rotatable bonds is 2. The van der Waals surface area contributed by atoms with E-state index >= 15 is 0 Å². The van der Waals surface area contributed by atoms with Crippen molar-refractivity contribution in [1.82, 2.24) is 0 Å². The lowest BCUT2D eigenvalue weighted by Crippen LogP contribution is -2.63. The summed E-state index contributed by atoms with van der Waals surface area (Å²) < 4.78 is 4.46. The summed E-state index contributed by atoms with van der Waals surface area (Å²) in [6.45, 7) is 1.79. The number of aliphatic hydroxyl groups is 2. The fourth-order valence-corrected chi connectivity index (χ4v) is 0.784. The van der Waals surface area contributed by atoms with Gasteiger partial charge in [0.05, 0.1) is 12.0 Å². The van der Waals surface area contributed by atoms with Gasteiger partial charge < -0.3 is 14.9 Å². The first-order valence-corrected chi connectivity index (χ1v) is 3.11. The Balaban J connectivity index is 2.61. The van der Waals surface area contributed by atoms with Gasteiger partial charge in [-0.25, -0.2) is 0 Å². The van der Waals surface area contributed by atoms with Crippen LogP contribution in [0.25, 0.3) is 10.4 Å². The van der Waals surface area contributed by atoms with Gasteiger partial charge in [-0.05, 0) is 12.5 Å². The molecule has 0 aromatic rings. The maximum atomic E-state index is 9.01. The fraction of sp³-hybridized carbons (Fsp3) is 1.00. The minimum atomic E-state index is -2.14. The van der Waals surface area contributed by atoms with E-state index in [4.69, 9.17) is 15.7 Å². The molecule has 0 amide bonds. The van der Waals surface area contributed by atoms with E-state index in [0.717, 1.165) is 0 Å². The minimum Gasteiger partial charge on any atom is -0.343 e. The topological polar surface area (TPSA) is 98.5 Å². The summed E-state index contributed by atoms with van der Waals surface area (Å²) in [5.41, 5.74) is 7.11. The average Bonchev–Trinajstić information content (AvgIpc) is 1.98. The van der Waals surface area contributed by atoms with Crippen molar-refractivity contribution in [3.63, 3.8) is 0 Å². The second-order valence-corrected chi connectivity index (χ2v) is 2.85. The lowest BCUT2D eigenvalue weighted by molar-refractivity contribution is -0.469. The first-order chi connectivity index (χ1) is 5.02. The molecule has 1 unspecified atom stereocenters. The lowest BCUT2D eigenvalue weighted by Gasteiger charge is -2.48. The monoisotopic (exact) mass is 159 g/mol. The standard InChI is InChI=1S/C5H9N3O3/c1-4(2-7-8-6)3-11-5(4,9)10/h9-10H,2-3H2,1H3. The Labute approximate surface area is 63.0 Å². The van der Waals surface area contributed by atoms with E-state index in [1.807, 2.05) is 0 Å². The van der Waals surface area contributed by atoms with Gasteiger partial charge in [-0.3, -0.25) is 0 Å². The Kier molecular flexibility index (Phi) is 1.77. The predicted octanol–water partition coefficient (Wildman–Crippen LogP) is -0.0284. The summed E-state index contributed by atoms with van der Waals surface area (Å²) in [6, 6.07) is 0. The lowest BCUT2D eigenvalue weighted by atomic mass is 9.84. The van der Waals surface area contributed by atoms with E-state index in [0.29, 0.717) is 0 Å². The van der Waals surface area contributed by atoms with Crippen molar-refractivity contribution in [1.29, 1.82) is 0 Å². The molecule has 1 rings (SSSR count). The second kappa shape index (κ2) is 2.35. The van der Waals surface area contributed by atoms with E-state index in [9.17, 15) is 0 Å². The van der Waals surface area contributed by atoms with Crippen LogP contribution < -0.4 is 0 Å². The molecule has 2 N–H and O–H groups in total. The van der Waals surface area contributed by atoms with Crippen LogP contribution in [0.5, 0.6) is 0 Å². The summed E-state index contributed by atoms with van der Waals surface area (Å²) in [7, 11) is 0. The van der Waals surface area contributed by atoms with Crippen LogP contribution >= 0.6 is 0 Å². The molecule has 1 aliphatic rings. The van der Waals surface area contributed by atoms with E-state index in [-0.39, 0.29) is 13.2 Å². The van der Waals surface area contributed by atoms with Crippen molar-refractivity contribution in [3.05, 3.63) is 10.4 Å². The Bertz CT molecular complexity index is 211. The molecule has 1 saturated heterocycles. The molecule has 0 spiro atoms. The van der Waals surface area contributed by atoms with Crippen LogP contribution in [0, 0.1) is 5.41 Å². The predicted molar refractivity (Wildman–Crippen MR) is 35.2 cm³/mol. The first kappa shape index (κ1) is 8.29. The molecule has 0 bridgehead atoms. The minimum absolute atomic E-state index is 0.0243. The molecule has 6 nitrogen and oxygen atoms in total. The zero-order chi connectivity index (χ0) is 8.54. The summed E-state index contributed by atoms with van der Waals surface area (Å²) in [5, 5.41) is 21.3. The van der Waals surface area contributed by atoms with Gasteiger partial charge in [0.25, 0.3) is 5.97 Å². The summed E-state index contributed by atoms with van der Waals surface area (Å²) in [5.74, 6) is -2.14. The summed E-state index contributed by atoms with van der Waals surface area (Å²) in [4.78, 5) is 2.52. The Hall–Kier alpha value is -0.810. The van der Waals surface area contributed by atoms with Crippen molar-refractivity contribution in [2.24, 2.45) is 10.5 Å².